The van der Waals surface area contributed by atoms with Crippen LogP contribution in [-0.2, 0) is 22.6 Å². The molecule has 2 amide bonds. The quantitative estimate of drug-likeness (QED) is 0.287. The number of nitrogens with one attached hydrogen (secondary N) is 1. The van der Waals surface area contributed by atoms with Gasteiger partial charge < -0.3 is 20.1 Å². The summed E-state index contributed by atoms with van der Waals surface area (Å²) in [6, 6.07) is 27.1. The van der Waals surface area contributed by atoms with Crippen molar-refractivity contribution in [3.63, 3.8) is 0 Å². The first-order valence-corrected chi connectivity index (χ1v) is 12.7. The molecule has 190 valence electrons. The number of ether oxygens (including phenoxy) is 1. The molecule has 8 heteroatoms. The third-order valence-electron chi connectivity index (χ3n) is 6.23. The smallest absolute Gasteiger partial charge is 0.336 e. The van der Waals surface area contributed by atoms with Crippen LogP contribution >= 0.6 is 15.9 Å². The summed E-state index contributed by atoms with van der Waals surface area (Å²) >= 11 is 3.39. The predicted molar refractivity (Wildman–Crippen MR) is 148 cm³/mol. The van der Waals surface area contributed by atoms with Crippen molar-refractivity contribution in [2.75, 3.05) is 16.8 Å². The number of aromatic carboxylic acids is 1. The van der Waals surface area contributed by atoms with Gasteiger partial charge in [-0.25, -0.2) is 4.79 Å². The van der Waals surface area contributed by atoms with Crippen LogP contribution < -0.4 is 15.0 Å². The van der Waals surface area contributed by atoms with Crippen LogP contribution in [0.2, 0.25) is 0 Å². The number of hydrogen-bond acceptors (Lipinski definition) is 4. The second kappa shape index (κ2) is 10.9. The molecule has 4 aromatic carbocycles. The Labute approximate surface area is 227 Å². The summed E-state index contributed by atoms with van der Waals surface area (Å²) in [6.07, 6.45) is 0.239. The summed E-state index contributed by atoms with van der Waals surface area (Å²) < 4.78 is 6.62. The van der Waals surface area contributed by atoms with E-state index in [1.54, 1.807) is 47.4 Å². The highest BCUT2D eigenvalue weighted by molar-refractivity contribution is 9.10. The van der Waals surface area contributed by atoms with Crippen LogP contribution in [0.4, 0.5) is 11.4 Å². The van der Waals surface area contributed by atoms with Crippen LogP contribution in [0.3, 0.4) is 0 Å². The first-order chi connectivity index (χ1) is 18.4. The van der Waals surface area contributed by atoms with E-state index in [9.17, 15) is 19.5 Å². The highest BCUT2D eigenvalue weighted by atomic mass is 79.9. The van der Waals surface area contributed by atoms with Crippen LogP contribution in [0.5, 0.6) is 5.75 Å². The number of hydrogen-bond donors (Lipinski definition) is 2. The van der Waals surface area contributed by atoms with Gasteiger partial charge in [0, 0.05) is 16.2 Å². The highest BCUT2D eigenvalue weighted by Crippen LogP contribution is 2.36. The third kappa shape index (κ3) is 5.60. The topological polar surface area (TPSA) is 95.9 Å². The molecule has 0 radical (unpaired) electrons. The Morgan fingerprint density at radius 3 is 2.37 bits per heavy atom. The van der Waals surface area contributed by atoms with Gasteiger partial charge in [0.15, 0.2) is 6.61 Å². The van der Waals surface area contributed by atoms with Crippen LogP contribution in [0.15, 0.2) is 95.5 Å². The molecule has 38 heavy (non-hydrogen) atoms. The molecule has 1 heterocycles. The number of carboxylic acid groups (broad SMARTS) is 1. The molecule has 0 saturated carbocycles. The minimum absolute atomic E-state index is 0.104. The summed E-state index contributed by atoms with van der Waals surface area (Å²) in [5, 5.41) is 12.4. The number of amides is 2. The van der Waals surface area contributed by atoms with Crippen LogP contribution in [0.25, 0.3) is 11.1 Å². The van der Waals surface area contributed by atoms with Crippen molar-refractivity contribution in [1.29, 1.82) is 0 Å². The lowest BCUT2D eigenvalue weighted by Crippen LogP contribution is -2.38. The molecule has 7 nitrogen and oxygen atoms in total. The second-order valence-electron chi connectivity index (χ2n) is 8.85. The van der Waals surface area contributed by atoms with E-state index in [0.29, 0.717) is 29.2 Å². The van der Waals surface area contributed by atoms with Crippen molar-refractivity contribution in [2.24, 2.45) is 0 Å². The van der Waals surface area contributed by atoms with E-state index in [1.807, 2.05) is 48.5 Å². The summed E-state index contributed by atoms with van der Waals surface area (Å²) in [5.41, 5.74) is 4.63. The number of fused-ring (bicyclic) bond motifs is 1. The van der Waals surface area contributed by atoms with Gasteiger partial charge in [-0.1, -0.05) is 70.5 Å². The molecule has 0 aliphatic carbocycles. The van der Waals surface area contributed by atoms with Gasteiger partial charge in [-0.15, -0.1) is 0 Å². The monoisotopic (exact) mass is 570 g/mol. The summed E-state index contributed by atoms with van der Waals surface area (Å²) in [4.78, 5) is 38.5. The molecule has 0 spiro atoms. The van der Waals surface area contributed by atoms with E-state index >= 15 is 0 Å². The van der Waals surface area contributed by atoms with Gasteiger partial charge in [0.05, 0.1) is 24.2 Å². The normalized spacial score (nSPS) is 12.4. The van der Waals surface area contributed by atoms with Crippen molar-refractivity contribution in [3.8, 4) is 16.9 Å². The van der Waals surface area contributed by atoms with E-state index in [1.165, 1.54) is 0 Å². The van der Waals surface area contributed by atoms with Crippen LogP contribution in [0, 0.1) is 0 Å². The standard InChI is InChI=1S/C30H23BrN2O5/c31-22-11-7-19(8-12-22)15-28(34)32-23-13-14-26-27(16-23)38-18-29(35)33(26)17-20-5-9-21(10-6-20)24-3-1-2-4-25(24)30(36)37/h1-14,16H,15,17-18H2,(H,32,34)(H,36,37). The number of rotatable bonds is 7. The van der Waals surface area contributed by atoms with Gasteiger partial charge >= 0.3 is 5.97 Å². The zero-order valence-corrected chi connectivity index (χ0v) is 21.8. The minimum atomic E-state index is -0.982. The van der Waals surface area contributed by atoms with E-state index in [2.05, 4.69) is 21.2 Å². The first-order valence-electron chi connectivity index (χ1n) is 11.9. The SMILES string of the molecule is O=C(Cc1ccc(Br)cc1)Nc1ccc2c(c1)OCC(=O)N2Cc1ccc(-c2ccccc2C(=O)O)cc1. The van der Waals surface area contributed by atoms with Crippen molar-refractivity contribution in [1.82, 2.24) is 0 Å². The first kappa shape index (κ1) is 25.2. The fourth-order valence-electron chi connectivity index (χ4n) is 4.34. The molecule has 5 rings (SSSR count). The van der Waals surface area contributed by atoms with Gasteiger partial charge in [0.25, 0.3) is 5.91 Å². The number of carbonyl (C=O) groups is 3. The molecule has 0 bridgehead atoms. The maximum absolute atomic E-state index is 12.7. The van der Waals surface area contributed by atoms with Gasteiger partial charge in [0.1, 0.15) is 5.75 Å². The number of nitrogens with zero attached hydrogens (tertiary/aromatic N) is 1. The molecule has 2 N–H and O–H groups in total. The van der Waals surface area contributed by atoms with Crippen LogP contribution in [0.1, 0.15) is 21.5 Å². The number of carboxylic acids is 1. The van der Waals surface area contributed by atoms with E-state index in [4.69, 9.17) is 4.74 Å². The van der Waals surface area contributed by atoms with Crippen molar-refractivity contribution in [3.05, 3.63) is 112 Å². The molecule has 0 saturated heterocycles. The molecular formula is C30H23BrN2O5. The lowest BCUT2D eigenvalue weighted by Gasteiger charge is -2.30. The Bertz CT molecular complexity index is 1520. The maximum Gasteiger partial charge on any atom is 0.336 e. The lowest BCUT2D eigenvalue weighted by molar-refractivity contribution is -0.121. The average molecular weight is 571 g/mol. The predicted octanol–water partition coefficient (Wildman–Crippen LogP) is 5.92. The zero-order valence-electron chi connectivity index (χ0n) is 20.2. The molecule has 1 aliphatic heterocycles. The maximum atomic E-state index is 12.7. The van der Waals surface area contributed by atoms with Crippen molar-refractivity contribution < 1.29 is 24.2 Å². The molecule has 0 atom stereocenters. The Balaban J connectivity index is 1.30. The average Bonchev–Trinajstić information content (AvgIpc) is 2.92. The van der Waals surface area contributed by atoms with Gasteiger partial charge in [-0.05, 0) is 52.6 Å². The summed E-state index contributed by atoms with van der Waals surface area (Å²) in [5.74, 6) is -0.799. The van der Waals surface area contributed by atoms with E-state index in [-0.39, 0.29) is 30.4 Å². The third-order valence-corrected chi connectivity index (χ3v) is 6.76. The van der Waals surface area contributed by atoms with E-state index in [0.717, 1.165) is 21.2 Å². The molecular weight excluding hydrogens is 548 g/mol. The fraction of sp³-hybridized carbons (Fsp3) is 0.100. The zero-order chi connectivity index (χ0) is 26.6. The Kier molecular flexibility index (Phi) is 7.24. The summed E-state index contributed by atoms with van der Waals surface area (Å²) in [7, 11) is 0. The number of anilines is 2. The van der Waals surface area contributed by atoms with Gasteiger partial charge in [0.2, 0.25) is 5.91 Å². The Morgan fingerprint density at radius 2 is 1.63 bits per heavy atom. The lowest BCUT2D eigenvalue weighted by atomic mass is 9.98. The fourth-order valence-corrected chi connectivity index (χ4v) is 4.61. The number of halogens is 1. The number of benzene rings is 4. The molecule has 4 aromatic rings. The van der Waals surface area contributed by atoms with E-state index < -0.39 is 5.97 Å². The Hall–Kier alpha value is -4.43. The number of carbonyl (C=O) groups excluding carboxylic acids is 2. The minimum Gasteiger partial charge on any atom is -0.481 e. The van der Waals surface area contributed by atoms with Gasteiger partial charge in [-0.3, -0.25) is 9.59 Å². The highest BCUT2D eigenvalue weighted by Gasteiger charge is 2.26. The van der Waals surface area contributed by atoms with Crippen LogP contribution in [-0.4, -0.2) is 29.5 Å². The molecule has 0 aromatic heterocycles. The molecule has 0 fully saturated rings. The van der Waals surface area contributed by atoms with Gasteiger partial charge in [-0.2, -0.15) is 0 Å². The molecule has 1 aliphatic rings. The Morgan fingerprint density at radius 1 is 0.921 bits per heavy atom. The van der Waals surface area contributed by atoms with Crippen molar-refractivity contribution >= 4 is 45.1 Å². The summed E-state index contributed by atoms with van der Waals surface area (Å²) in [6.45, 7) is 0.221. The largest absolute Gasteiger partial charge is 0.481 e. The van der Waals surface area contributed by atoms with Crippen molar-refractivity contribution in [2.45, 2.75) is 13.0 Å². The molecule has 0 unspecified atom stereocenters. The second-order valence-corrected chi connectivity index (χ2v) is 9.77.